The lowest BCUT2D eigenvalue weighted by Crippen LogP contribution is -2.29. The lowest BCUT2D eigenvalue weighted by atomic mass is 9.89. The van der Waals surface area contributed by atoms with Crippen LogP contribution in [-0.2, 0) is 0 Å². The van der Waals surface area contributed by atoms with Crippen LogP contribution in [0.4, 0.5) is 4.39 Å². The number of nitrogens with zero attached hydrogens (tertiary/aromatic N) is 1. The summed E-state index contributed by atoms with van der Waals surface area (Å²) >= 11 is 0. The minimum atomic E-state index is -0.540. The highest BCUT2D eigenvalue weighted by atomic mass is 19.1. The number of hydrogen-bond acceptors (Lipinski definition) is 2. The highest BCUT2D eigenvalue weighted by Gasteiger charge is 2.28. The van der Waals surface area contributed by atoms with E-state index >= 15 is 0 Å². The number of ether oxygens (including phenoxy) is 1. The van der Waals surface area contributed by atoms with Crippen LogP contribution >= 0.6 is 0 Å². The van der Waals surface area contributed by atoms with Gasteiger partial charge in [0.05, 0.1) is 0 Å². The van der Waals surface area contributed by atoms with E-state index < -0.39 is 11.5 Å². The second-order valence-corrected chi connectivity index (χ2v) is 6.32. The molecule has 0 atom stereocenters. The van der Waals surface area contributed by atoms with Crippen LogP contribution in [-0.4, -0.2) is 17.5 Å². The van der Waals surface area contributed by atoms with Crippen molar-refractivity contribution in [1.29, 1.82) is 0 Å². The van der Waals surface area contributed by atoms with Crippen molar-refractivity contribution in [1.82, 2.24) is 0 Å². The van der Waals surface area contributed by atoms with E-state index in [2.05, 4.69) is 4.99 Å². The smallest absolute Gasteiger partial charge is 0.280 e. The second-order valence-electron chi connectivity index (χ2n) is 6.32. The summed E-state index contributed by atoms with van der Waals surface area (Å²) in [7, 11) is 0. The summed E-state index contributed by atoms with van der Waals surface area (Å²) in [6, 6.07) is 11.2. The minimum Gasteiger partial charge on any atom is -0.483 e. The Balaban J connectivity index is 2.13. The molecule has 0 fully saturated rings. The normalized spacial score (nSPS) is 14.8. The van der Waals surface area contributed by atoms with E-state index in [0.717, 1.165) is 16.7 Å². The Morgan fingerprint density at radius 1 is 1.12 bits per heavy atom. The molecule has 5 nitrogen and oxygen atoms in total. The molecule has 0 saturated carbocycles. The average molecular weight is 339 g/mol. The summed E-state index contributed by atoms with van der Waals surface area (Å²) in [4.78, 5) is 15.7. The third-order valence-corrected chi connectivity index (χ3v) is 3.77. The minimum absolute atomic E-state index is 0.297. The van der Waals surface area contributed by atoms with Gasteiger partial charge in [0.25, 0.3) is 5.91 Å². The highest BCUT2D eigenvalue weighted by Crippen LogP contribution is 2.40. The van der Waals surface area contributed by atoms with Crippen molar-refractivity contribution >= 4 is 17.4 Å². The van der Waals surface area contributed by atoms with Crippen molar-refractivity contribution in [3.8, 4) is 5.75 Å². The number of fused-ring (bicyclic) bond motifs is 1. The predicted molar refractivity (Wildman–Crippen MR) is 94.8 cm³/mol. The van der Waals surface area contributed by atoms with Gasteiger partial charge >= 0.3 is 0 Å². The summed E-state index contributed by atoms with van der Waals surface area (Å²) in [5.41, 5.74) is 12.7. The van der Waals surface area contributed by atoms with Crippen LogP contribution in [0.15, 0.2) is 53.5 Å². The Labute approximate surface area is 144 Å². The number of carbonyl (C=O) groups excluding carboxylic acids is 1. The maximum atomic E-state index is 13.3. The number of rotatable bonds is 2. The number of guanidine groups is 1. The molecule has 128 valence electrons. The summed E-state index contributed by atoms with van der Waals surface area (Å²) in [5, 5.41) is 0. The molecule has 0 unspecified atom stereocenters. The van der Waals surface area contributed by atoms with Crippen LogP contribution in [0.3, 0.4) is 0 Å². The Hall–Kier alpha value is -3.15. The number of amides is 1. The van der Waals surface area contributed by atoms with Gasteiger partial charge in [0, 0.05) is 11.1 Å². The van der Waals surface area contributed by atoms with E-state index in [9.17, 15) is 9.18 Å². The predicted octanol–water partition coefficient (Wildman–Crippen LogP) is 2.84. The van der Waals surface area contributed by atoms with Crippen molar-refractivity contribution in [3.05, 3.63) is 71.0 Å². The maximum Gasteiger partial charge on any atom is 0.280 e. The molecule has 2 aromatic carbocycles. The fraction of sp³-hybridized carbons (Fsp3) is 0.158. The second kappa shape index (κ2) is 6.05. The molecule has 25 heavy (non-hydrogen) atoms. The molecule has 3 rings (SSSR count). The number of halogens is 1. The van der Waals surface area contributed by atoms with Crippen LogP contribution in [0.5, 0.6) is 5.75 Å². The Kier molecular flexibility index (Phi) is 4.04. The van der Waals surface area contributed by atoms with Crippen molar-refractivity contribution in [3.63, 3.8) is 0 Å². The van der Waals surface area contributed by atoms with Crippen LogP contribution in [0, 0.1) is 5.82 Å². The topological polar surface area (TPSA) is 90.7 Å². The Bertz CT molecular complexity index is 895. The molecule has 0 bridgehead atoms. The number of nitrogens with two attached hydrogens (primary N) is 2. The largest absolute Gasteiger partial charge is 0.483 e. The number of hydrogen-bond donors (Lipinski definition) is 2. The van der Waals surface area contributed by atoms with Gasteiger partial charge in [-0.05, 0) is 61.4 Å². The molecule has 0 aromatic heterocycles. The first kappa shape index (κ1) is 16.7. The zero-order chi connectivity index (χ0) is 18.2. The van der Waals surface area contributed by atoms with Gasteiger partial charge in [0.15, 0.2) is 5.96 Å². The Morgan fingerprint density at radius 2 is 1.80 bits per heavy atom. The van der Waals surface area contributed by atoms with Gasteiger partial charge in [-0.15, -0.1) is 0 Å². The monoisotopic (exact) mass is 339 g/mol. The van der Waals surface area contributed by atoms with Gasteiger partial charge in [0.1, 0.15) is 17.2 Å². The van der Waals surface area contributed by atoms with E-state index in [1.165, 1.54) is 12.1 Å². The van der Waals surface area contributed by atoms with Crippen molar-refractivity contribution in [2.75, 3.05) is 0 Å². The quantitative estimate of drug-likeness (QED) is 0.650. The van der Waals surface area contributed by atoms with Crippen LogP contribution in [0.2, 0.25) is 0 Å². The maximum absolute atomic E-state index is 13.3. The molecular formula is C19H18FN3O2. The van der Waals surface area contributed by atoms with Crippen molar-refractivity contribution < 1.29 is 13.9 Å². The van der Waals surface area contributed by atoms with Gasteiger partial charge in [-0.2, -0.15) is 4.99 Å². The van der Waals surface area contributed by atoms with E-state index in [0.29, 0.717) is 11.3 Å². The first-order chi connectivity index (χ1) is 11.7. The molecule has 1 aliphatic rings. The molecule has 0 spiro atoms. The zero-order valence-corrected chi connectivity index (χ0v) is 13.9. The summed E-state index contributed by atoms with van der Waals surface area (Å²) in [6.45, 7) is 3.86. The standard InChI is InChI=1S/C19H18FN3O2/c1-19(2)10-15(11-3-6-13(20)7-4-11)14-9-12(5-8-16(14)25-19)17(24)23-18(21)22/h3-10H,1-2H3,(H4,21,22,23,24). The first-order valence-electron chi connectivity index (χ1n) is 7.71. The van der Waals surface area contributed by atoms with Crippen LogP contribution in [0.1, 0.15) is 35.3 Å². The fourth-order valence-electron chi connectivity index (χ4n) is 2.75. The van der Waals surface area contributed by atoms with Crippen LogP contribution < -0.4 is 16.2 Å². The molecule has 2 aromatic rings. The van der Waals surface area contributed by atoms with Gasteiger partial charge in [0.2, 0.25) is 0 Å². The Morgan fingerprint density at radius 3 is 2.44 bits per heavy atom. The van der Waals surface area contributed by atoms with E-state index in [1.54, 1.807) is 30.3 Å². The first-order valence-corrected chi connectivity index (χ1v) is 7.71. The van der Waals surface area contributed by atoms with E-state index in [4.69, 9.17) is 16.2 Å². The molecule has 0 radical (unpaired) electrons. The molecule has 6 heteroatoms. The van der Waals surface area contributed by atoms with Gasteiger partial charge in [-0.25, -0.2) is 4.39 Å². The zero-order valence-electron chi connectivity index (χ0n) is 13.9. The molecule has 1 aliphatic heterocycles. The van der Waals surface area contributed by atoms with Gasteiger partial charge < -0.3 is 16.2 Å². The summed E-state index contributed by atoms with van der Waals surface area (Å²) in [5.74, 6) is -0.513. The van der Waals surface area contributed by atoms with Crippen molar-refractivity contribution in [2.24, 2.45) is 16.5 Å². The molecule has 4 N–H and O–H groups in total. The lowest BCUT2D eigenvalue weighted by molar-refractivity contribution is 0.100. The summed E-state index contributed by atoms with van der Waals surface area (Å²) < 4.78 is 19.2. The number of benzene rings is 2. The molecular weight excluding hydrogens is 321 g/mol. The highest BCUT2D eigenvalue weighted by molar-refractivity contribution is 6.03. The SMILES string of the molecule is CC1(C)C=C(c2ccc(F)cc2)c2cc(C(=O)N=C(N)N)ccc2O1. The number of carbonyl (C=O) groups is 1. The van der Waals surface area contributed by atoms with Crippen molar-refractivity contribution in [2.45, 2.75) is 19.4 Å². The molecule has 1 amide bonds. The molecule has 0 saturated heterocycles. The summed E-state index contributed by atoms with van der Waals surface area (Å²) in [6.07, 6.45) is 1.94. The molecule has 1 heterocycles. The lowest BCUT2D eigenvalue weighted by Gasteiger charge is -2.31. The number of aliphatic imine (C=N–C) groups is 1. The van der Waals surface area contributed by atoms with Gasteiger partial charge in [-0.1, -0.05) is 12.1 Å². The third kappa shape index (κ3) is 3.52. The third-order valence-electron chi connectivity index (χ3n) is 3.77. The van der Waals surface area contributed by atoms with E-state index in [-0.39, 0.29) is 11.8 Å². The van der Waals surface area contributed by atoms with Crippen LogP contribution in [0.25, 0.3) is 5.57 Å². The molecule has 0 aliphatic carbocycles. The van der Waals surface area contributed by atoms with E-state index in [1.807, 2.05) is 19.9 Å². The average Bonchev–Trinajstić information content (AvgIpc) is 2.53. The fourth-order valence-corrected chi connectivity index (χ4v) is 2.75. The van der Waals surface area contributed by atoms with Gasteiger partial charge in [-0.3, -0.25) is 4.79 Å².